The molecule has 0 saturated heterocycles. The van der Waals surface area contributed by atoms with Gasteiger partial charge in [-0.25, -0.2) is 4.98 Å². The molecule has 0 radical (unpaired) electrons. The van der Waals surface area contributed by atoms with Crippen LogP contribution in [0.25, 0.3) is 0 Å². The number of anilines is 1. The predicted molar refractivity (Wildman–Crippen MR) is 55.9 cm³/mol. The van der Waals surface area contributed by atoms with Gasteiger partial charge in [0.05, 0.1) is 12.0 Å². The molecular weight excluding hydrogens is 176 g/mol. The highest BCUT2D eigenvalue weighted by Gasteiger charge is 2.11. The van der Waals surface area contributed by atoms with Crippen LogP contribution in [0, 0.1) is 17.2 Å². The summed E-state index contributed by atoms with van der Waals surface area (Å²) in [4.78, 5) is 6.36. The minimum atomic E-state index is 0.0339. The molecule has 0 aromatic carbocycles. The number of nitrogens with zero attached hydrogens (tertiary/aromatic N) is 4. The van der Waals surface area contributed by atoms with Crippen molar-refractivity contribution in [3.05, 3.63) is 12.4 Å². The summed E-state index contributed by atoms with van der Waals surface area (Å²) in [6.45, 7) is 5.60. The van der Waals surface area contributed by atoms with Gasteiger partial charge in [0.15, 0.2) is 0 Å². The van der Waals surface area contributed by atoms with Gasteiger partial charge in [0.25, 0.3) is 0 Å². The van der Waals surface area contributed by atoms with E-state index in [1.165, 1.54) is 0 Å². The molecule has 1 aromatic heterocycles. The van der Waals surface area contributed by atoms with E-state index >= 15 is 0 Å². The maximum absolute atomic E-state index is 8.74. The van der Waals surface area contributed by atoms with Crippen LogP contribution in [0.2, 0.25) is 0 Å². The summed E-state index contributed by atoms with van der Waals surface area (Å²) in [6, 6.07) is 2.23. The van der Waals surface area contributed by atoms with E-state index < -0.39 is 0 Å². The Morgan fingerprint density at radius 2 is 2.43 bits per heavy atom. The van der Waals surface area contributed by atoms with Crippen molar-refractivity contribution < 1.29 is 0 Å². The van der Waals surface area contributed by atoms with E-state index in [9.17, 15) is 0 Å². The van der Waals surface area contributed by atoms with Crippen LogP contribution < -0.4 is 4.90 Å². The standard InChI is InChI=1S/C10H16N4/c1-4-14(8-9(2)7-11)10-12-5-6-13(10)3/h5-6,9H,4,8H2,1-3H3. The van der Waals surface area contributed by atoms with Gasteiger partial charge in [-0.3, -0.25) is 0 Å². The van der Waals surface area contributed by atoms with Crippen LogP contribution in [0.5, 0.6) is 0 Å². The molecule has 14 heavy (non-hydrogen) atoms. The van der Waals surface area contributed by atoms with Gasteiger partial charge in [0.2, 0.25) is 5.95 Å². The molecule has 0 amide bonds. The second-order valence-electron chi connectivity index (χ2n) is 3.41. The summed E-state index contributed by atoms with van der Waals surface area (Å²) in [6.07, 6.45) is 3.68. The highest BCUT2D eigenvalue weighted by molar-refractivity contribution is 5.30. The number of rotatable bonds is 4. The molecule has 0 bridgehead atoms. The molecule has 1 unspecified atom stereocenters. The zero-order valence-corrected chi connectivity index (χ0v) is 8.94. The molecule has 0 aliphatic carbocycles. The van der Waals surface area contributed by atoms with Crippen LogP contribution in [0.4, 0.5) is 5.95 Å². The summed E-state index contributed by atoms with van der Waals surface area (Å²) in [5.74, 6) is 0.959. The van der Waals surface area contributed by atoms with Gasteiger partial charge >= 0.3 is 0 Å². The normalized spacial score (nSPS) is 12.1. The van der Waals surface area contributed by atoms with Crippen molar-refractivity contribution in [2.24, 2.45) is 13.0 Å². The first-order chi connectivity index (χ1) is 6.69. The van der Waals surface area contributed by atoms with Crippen LogP contribution in [0.3, 0.4) is 0 Å². The monoisotopic (exact) mass is 192 g/mol. The maximum atomic E-state index is 8.74. The second kappa shape index (κ2) is 4.66. The third kappa shape index (κ3) is 2.25. The van der Waals surface area contributed by atoms with E-state index in [0.717, 1.165) is 19.0 Å². The molecule has 0 N–H and O–H groups in total. The first-order valence-electron chi connectivity index (χ1n) is 4.81. The minimum absolute atomic E-state index is 0.0339. The summed E-state index contributed by atoms with van der Waals surface area (Å²) in [7, 11) is 1.96. The number of imidazole rings is 1. The van der Waals surface area contributed by atoms with Gasteiger partial charge in [-0.05, 0) is 13.8 Å². The number of nitriles is 1. The molecule has 4 heteroatoms. The lowest BCUT2D eigenvalue weighted by Gasteiger charge is -2.22. The Morgan fingerprint density at radius 1 is 1.71 bits per heavy atom. The smallest absolute Gasteiger partial charge is 0.205 e. The van der Waals surface area contributed by atoms with Gasteiger partial charge in [-0.1, -0.05) is 0 Å². The number of hydrogen-bond donors (Lipinski definition) is 0. The average molecular weight is 192 g/mol. The van der Waals surface area contributed by atoms with Crippen LogP contribution >= 0.6 is 0 Å². The number of hydrogen-bond acceptors (Lipinski definition) is 3. The van der Waals surface area contributed by atoms with Crippen LogP contribution in [0.15, 0.2) is 12.4 Å². The molecule has 76 valence electrons. The van der Waals surface area contributed by atoms with E-state index in [1.807, 2.05) is 24.7 Å². The Balaban J connectivity index is 2.74. The molecule has 0 fully saturated rings. The summed E-state index contributed by atoms with van der Waals surface area (Å²) in [5, 5.41) is 8.74. The summed E-state index contributed by atoms with van der Waals surface area (Å²) < 4.78 is 1.97. The van der Waals surface area contributed by atoms with E-state index in [4.69, 9.17) is 5.26 Å². The first-order valence-corrected chi connectivity index (χ1v) is 4.81. The fourth-order valence-electron chi connectivity index (χ4n) is 1.39. The summed E-state index contributed by atoms with van der Waals surface area (Å²) in [5.41, 5.74) is 0. The van der Waals surface area contributed by atoms with Crippen molar-refractivity contribution in [2.75, 3.05) is 18.0 Å². The van der Waals surface area contributed by atoms with Gasteiger partial charge in [0.1, 0.15) is 0 Å². The van der Waals surface area contributed by atoms with Crippen molar-refractivity contribution in [3.8, 4) is 6.07 Å². The quantitative estimate of drug-likeness (QED) is 0.724. The lowest BCUT2D eigenvalue weighted by Crippen LogP contribution is -2.29. The van der Waals surface area contributed by atoms with E-state index in [2.05, 4.69) is 22.9 Å². The largest absolute Gasteiger partial charge is 0.341 e. The van der Waals surface area contributed by atoms with Crippen molar-refractivity contribution >= 4 is 5.95 Å². The van der Waals surface area contributed by atoms with Crippen LogP contribution in [0.1, 0.15) is 13.8 Å². The molecule has 0 saturated carbocycles. The topological polar surface area (TPSA) is 44.9 Å². The van der Waals surface area contributed by atoms with Crippen LogP contribution in [-0.2, 0) is 7.05 Å². The highest BCUT2D eigenvalue weighted by atomic mass is 15.3. The molecule has 1 heterocycles. The number of aryl methyl sites for hydroxylation is 1. The van der Waals surface area contributed by atoms with Crippen molar-refractivity contribution in [1.82, 2.24) is 9.55 Å². The fourth-order valence-corrected chi connectivity index (χ4v) is 1.39. The van der Waals surface area contributed by atoms with E-state index in [-0.39, 0.29) is 5.92 Å². The lowest BCUT2D eigenvalue weighted by molar-refractivity contribution is 0.659. The third-order valence-corrected chi connectivity index (χ3v) is 2.17. The van der Waals surface area contributed by atoms with Crippen molar-refractivity contribution in [1.29, 1.82) is 5.26 Å². The Bertz CT molecular complexity index is 323. The average Bonchev–Trinajstić information content (AvgIpc) is 2.60. The predicted octanol–water partition coefficient (Wildman–Crippen LogP) is 1.41. The zero-order chi connectivity index (χ0) is 10.6. The van der Waals surface area contributed by atoms with Gasteiger partial charge in [-0.15, -0.1) is 0 Å². The highest BCUT2D eigenvalue weighted by Crippen LogP contribution is 2.11. The SMILES string of the molecule is CCN(CC(C)C#N)c1nccn1C. The lowest BCUT2D eigenvalue weighted by atomic mass is 10.2. The second-order valence-corrected chi connectivity index (χ2v) is 3.41. The van der Waals surface area contributed by atoms with E-state index in [0.29, 0.717) is 0 Å². The molecule has 4 nitrogen and oxygen atoms in total. The Labute approximate surface area is 84.8 Å². The molecule has 1 rings (SSSR count). The zero-order valence-electron chi connectivity index (χ0n) is 8.94. The minimum Gasteiger partial charge on any atom is -0.341 e. The van der Waals surface area contributed by atoms with Gasteiger partial charge < -0.3 is 9.47 Å². The Hall–Kier alpha value is -1.50. The maximum Gasteiger partial charge on any atom is 0.205 e. The van der Waals surface area contributed by atoms with Crippen LogP contribution in [-0.4, -0.2) is 22.6 Å². The van der Waals surface area contributed by atoms with Gasteiger partial charge in [0, 0.05) is 32.5 Å². The molecule has 0 spiro atoms. The first kappa shape index (κ1) is 10.6. The molecule has 0 aliphatic rings. The molecule has 1 atom stereocenters. The van der Waals surface area contributed by atoms with Gasteiger partial charge in [-0.2, -0.15) is 5.26 Å². The third-order valence-electron chi connectivity index (χ3n) is 2.17. The fraction of sp³-hybridized carbons (Fsp3) is 0.600. The molecular formula is C10H16N4. The van der Waals surface area contributed by atoms with Crippen molar-refractivity contribution in [3.63, 3.8) is 0 Å². The number of aromatic nitrogens is 2. The van der Waals surface area contributed by atoms with E-state index in [1.54, 1.807) is 6.20 Å². The van der Waals surface area contributed by atoms with Crippen molar-refractivity contribution in [2.45, 2.75) is 13.8 Å². The summed E-state index contributed by atoms with van der Waals surface area (Å²) >= 11 is 0. The Morgan fingerprint density at radius 3 is 2.86 bits per heavy atom. The molecule has 0 aliphatic heterocycles. The molecule has 1 aromatic rings. The Kier molecular flexibility index (Phi) is 3.52.